The van der Waals surface area contributed by atoms with Crippen molar-refractivity contribution in [1.29, 1.82) is 0 Å². The van der Waals surface area contributed by atoms with Gasteiger partial charge in [0.1, 0.15) is 18.1 Å². The Labute approximate surface area is 227 Å². The van der Waals surface area contributed by atoms with Crippen LogP contribution in [0.3, 0.4) is 0 Å². The number of aliphatic imine (C=N–C) groups is 1. The van der Waals surface area contributed by atoms with Gasteiger partial charge in [0.25, 0.3) is 0 Å². The zero-order valence-corrected chi connectivity index (χ0v) is 22.3. The van der Waals surface area contributed by atoms with Crippen LogP contribution in [0.4, 0.5) is 0 Å². The molecule has 0 aliphatic carbocycles. The first-order valence-electron chi connectivity index (χ1n) is 12.6. The number of carboxylic acid groups (broad SMARTS) is 1. The monoisotopic (exact) mass is 548 g/mol. The number of nitrogens with one attached hydrogen (secondary N) is 3. The smallest absolute Gasteiger partial charge is 0.326 e. The van der Waals surface area contributed by atoms with Gasteiger partial charge >= 0.3 is 5.97 Å². The minimum atomic E-state index is -1.59. The van der Waals surface area contributed by atoms with Gasteiger partial charge in [0.2, 0.25) is 23.6 Å². The minimum Gasteiger partial charge on any atom is -0.480 e. The maximum absolute atomic E-state index is 13.3. The quantitative estimate of drug-likeness (QED) is 0.0611. The molecule has 1 aromatic rings. The molecule has 39 heavy (non-hydrogen) atoms. The van der Waals surface area contributed by atoms with Crippen LogP contribution in [-0.4, -0.2) is 71.4 Å². The van der Waals surface area contributed by atoms with Gasteiger partial charge < -0.3 is 44.0 Å². The number of nitrogens with zero attached hydrogens (tertiary/aromatic N) is 1. The molecule has 12 N–H and O–H groups in total. The Bertz CT molecular complexity index is 1020. The number of benzene rings is 1. The molecular formula is C25H40N8O6. The predicted molar refractivity (Wildman–Crippen MR) is 145 cm³/mol. The highest BCUT2D eigenvalue weighted by Gasteiger charge is 2.31. The van der Waals surface area contributed by atoms with Crippen molar-refractivity contribution in [3.8, 4) is 0 Å². The third-order valence-electron chi connectivity index (χ3n) is 6.07. The molecule has 14 nitrogen and oxygen atoms in total. The van der Waals surface area contributed by atoms with Crippen LogP contribution < -0.4 is 38.9 Å². The minimum absolute atomic E-state index is 0.00235. The number of primary amides is 1. The molecule has 14 heteroatoms. The maximum atomic E-state index is 13.3. The summed E-state index contributed by atoms with van der Waals surface area (Å²) < 4.78 is 0. The lowest BCUT2D eigenvalue weighted by Crippen LogP contribution is -2.58. The van der Waals surface area contributed by atoms with E-state index >= 15 is 0 Å². The van der Waals surface area contributed by atoms with Crippen LogP contribution in [0.5, 0.6) is 0 Å². The van der Waals surface area contributed by atoms with Gasteiger partial charge in [-0.2, -0.15) is 0 Å². The molecule has 4 amide bonds. The summed E-state index contributed by atoms with van der Waals surface area (Å²) in [5, 5.41) is 16.9. The number of aliphatic carboxylic acids is 1. The molecule has 0 radical (unpaired) electrons. The van der Waals surface area contributed by atoms with Gasteiger partial charge in [0, 0.05) is 13.0 Å². The summed E-state index contributed by atoms with van der Waals surface area (Å²) in [7, 11) is 0. The van der Waals surface area contributed by atoms with Crippen molar-refractivity contribution in [2.45, 2.75) is 70.1 Å². The third-order valence-corrected chi connectivity index (χ3v) is 6.07. The number of carbonyl (C=O) groups is 5. The average Bonchev–Trinajstić information content (AvgIpc) is 2.88. The Balaban J connectivity index is 3.18. The van der Waals surface area contributed by atoms with Crippen LogP contribution in [0.1, 0.15) is 45.1 Å². The van der Waals surface area contributed by atoms with Crippen LogP contribution in [0.15, 0.2) is 35.3 Å². The molecule has 0 aliphatic heterocycles. The molecule has 0 fully saturated rings. The average molecular weight is 549 g/mol. The van der Waals surface area contributed by atoms with E-state index in [4.69, 9.17) is 22.9 Å². The van der Waals surface area contributed by atoms with Crippen molar-refractivity contribution in [3.05, 3.63) is 35.9 Å². The molecule has 1 rings (SSSR count). The second kappa shape index (κ2) is 16.6. The summed E-state index contributed by atoms with van der Waals surface area (Å²) in [5.74, 6) is -4.73. The van der Waals surface area contributed by atoms with E-state index < -0.39 is 60.2 Å². The molecule has 0 bridgehead atoms. The second-order valence-electron chi connectivity index (χ2n) is 9.24. The Morgan fingerprint density at radius 1 is 0.897 bits per heavy atom. The number of carbonyl (C=O) groups excluding carboxylic acids is 4. The summed E-state index contributed by atoms with van der Waals surface area (Å²) in [6.07, 6.45) is 0.461. The highest BCUT2D eigenvalue weighted by molar-refractivity contribution is 5.95. The molecule has 0 aromatic heterocycles. The number of hydrogen-bond donors (Lipinski definition) is 8. The first-order valence-corrected chi connectivity index (χ1v) is 12.6. The zero-order valence-electron chi connectivity index (χ0n) is 22.3. The fraction of sp³-hybridized carbons (Fsp3) is 0.520. The zero-order chi connectivity index (χ0) is 29.5. The number of amides is 4. The van der Waals surface area contributed by atoms with Crippen molar-refractivity contribution in [1.82, 2.24) is 16.0 Å². The van der Waals surface area contributed by atoms with E-state index in [0.29, 0.717) is 18.4 Å². The van der Waals surface area contributed by atoms with Gasteiger partial charge in [-0.3, -0.25) is 24.2 Å². The molecule has 0 aliphatic rings. The lowest BCUT2D eigenvalue weighted by atomic mass is 9.98. The van der Waals surface area contributed by atoms with E-state index in [1.54, 1.807) is 30.3 Å². The van der Waals surface area contributed by atoms with E-state index in [9.17, 15) is 29.1 Å². The molecule has 0 saturated heterocycles. The van der Waals surface area contributed by atoms with Crippen molar-refractivity contribution in [3.63, 3.8) is 0 Å². The maximum Gasteiger partial charge on any atom is 0.326 e. The van der Waals surface area contributed by atoms with Gasteiger partial charge in [-0.25, -0.2) is 4.79 Å². The summed E-state index contributed by atoms with van der Waals surface area (Å²) >= 11 is 0. The number of guanidine groups is 1. The number of hydrogen-bond acceptors (Lipinski definition) is 7. The summed E-state index contributed by atoms with van der Waals surface area (Å²) in [5.41, 5.74) is 22.5. The van der Waals surface area contributed by atoms with Crippen LogP contribution in [0, 0.1) is 5.92 Å². The van der Waals surface area contributed by atoms with E-state index in [1.807, 2.05) is 13.8 Å². The molecule has 0 heterocycles. The first-order chi connectivity index (χ1) is 18.3. The van der Waals surface area contributed by atoms with Gasteiger partial charge in [0.15, 0.2) is 5.96 Å². The van der Waals surface area contributed by atoms with E-state index in [2.05, 4.69) is 20.9 Å². The Morgan fingerprint density at radius 3 is 2.00 bits per heavy atom. The number of nitrogens with two attached hydrogens (primary N) is 4. The molecule has 0 saturated carbocycles. The van der Waals surface area contributed by atoms with Crippen molar-refractivity contribution in [2.24, 2.45) is 33.8 Å². The molecule has 1 aromatic carbocycles. The van der Waals surface area contributed by atoms with Crippen LogP contribution in [0.2, 0.25) is 0 Å². The molecule has 216 valence electrons. The standard InChI is InChI=1S/C25H40N8O6/c1-3-14(2)20(27)23(37)31-16(10-7-11-30-25(28)29)21(35)32-17(12-15-8-5-4-6-9-15)22(36)33-18(24(38)39)13-19(26)34/h4-6,8-9,14,16-18,20H,3,7,10-13,27H2,1-2H3,(H2,26,34)(H,31,37)(H,32,35)(H,33,36)(H,38,39)(H4,28,29,30). The number of rotatable bonds is 17. The first kappa shape index (κ1) is 32.8. The molecule has 0 spiro atoms. The lowest BCUT2D eigenvalue weighted by Gasteiger charge is -2.26. The fourth-order valence-corrected chi connectivity index (χ4v) is 3.56. The summed E-state index contributed by atoms with van der Waals surface area (Å²) in [6, 6.07) is 3.92. The normalized spacial score (nSPS) is 14.5. The van der Waals surface area contributed by atoms with Crippen LogP contribution >= 0.6 is 0 Å². The van der Waals surface area contributed by atoms with Crippen LogP contribution in [0.25, 0.3) is 0 Å². The second-order valence-corrected chi connectivity index (χ2v) is 9.24. The van der Waals surface area contributed by atoms with Gasteiger partial charge in [-0.05, 0) is 24.3 Å². The highest BCUT2D eigenvalue weighted by atomic mass is 16.4. The van der Waals surface area contributed by atoms with Crippen molar-refractivity contribution < 1.29 is 29.1 Å². The third kappa shape index (κ3) is 12.3. The fourth-order valence-electron chi connectivity index (χ4n) is 3.56. The van der Waals surface area contributed by atoms with E-state index in [0.717, 1.165) is 0 Å². The Morgan fingerprint density at radius 2 is 1.46 bits per heavy atom. The van der Waals surface area contributed by atoms with Gasteiger partial charge in [-0.1, -0.05) is 50.6 Å². The number of carboxylic acids is 1. The van der Waals surface area contributed by atoms with Crippen LogP contribution in [-0.2, 0) is 30.4 Å². The van der Waals surface area contributed by atoms with Crippen molar-refractivity contribution in [2.75, 3.05) is 6.54 Å². The van der Waals surface area contributed by atoms with Gasteiger partial charge in [-0.15, -0.1) is 0 Å². The van der Waals surface area contributed by atoms with E-state index in [1.165, 1.54) is 0 Å². The Kier molecular flexibility index (Phi) is 14.0. The molecular weight excluding hydrogens is 508 g/mol. The van der Waals surface area contributed by atoms with Gasteiger partial charge in [0.05, 0.1) is 12.5 Å². The summed E-state index contributed by atoms with van der Waals surface area (Å²) in [6.45, 7) is 3.89. The predicted octanol–water partition coefficient (Wildman–Crippen LogP) is -1.93. The highest BCUT2D eigenvalue weighted by Crippen LogP contribution is 2.09. The lowest BCUT2D eigenvalue weighted by molar-refractivity contribution is -0.143. The largest absolute Gasteiger partial charge is 0.480 e. The SMILES string of the molecule is CCC(C)C(N)C(=O)NC(CCCN=C(N)N)C(=O)NC(Cc1ccccc1)C(=O)NC(CC(N)=O)C(=O)O. The topological polar surface area (TPSA) is 258 Å². The molecule has 5 unspecified atom stereocenters. The van der Waals surface area contributed by atoms with Crippen molar-refractivity contribution >= 4 is 35.6 Å². The Hall–Kier alpha value is -4.20. The van der Waals surface area contributed by atoms with E-state index in [-0.39, 0.29) is 31.3 Å². The summed E-state index contributed by atoms with van der Waals surface area (Å²) in [4.78, 5) is 65.9. The molecule has 5 atom stereocenters.